The number of allylic oxidation sites excluding steroid dienone is 1. The first-order chi connectivity index (χ1) is 19.5. The molecule has 3 aliphatic carbocycles. The van der Waals surface area contributed by atoms with Crippen molar-refractivity contribution in [3.63, 3.8) is 0 Å². The number of ether oxygens (including phenoxy) is 4. The van der Waals surface area contributed by atoms with E-state index in [0.29, 0.717) is 24.4 Å². The molecule has 1 aliphatic heterocycles. The van der Waals surface area contributed by atoms with Crippen molar-refractivity contribution in [3.8, 4) is 5.75 Å². The van der Waals surface area contributed by atoms with Gasteiger partial charge in [-0.05, 0) is 90.4 Å². The molecule has 1 unspecified atom stereocenters. The van der Waals surface area contributed by atoms with Crippen LogP contribution >= 0.6 is 0 Å². The van der Waals surface area contributed by atoms with Crippen LogP contribution in [0.2, 0.25) is 0 Å². The smallest absolute Gasteiger partial charge is 0.161 e. The highest BCUT2D eigenvalue weighted by molar-refractivity contribution is 5.36. The molecule has 1 aromatic rings. The van der Waals surface area contributed by atoms with E-state index in [0.717, 1.165) is 24.5 Å². The zero-order valence-electron chi connectivity index (χ0n) is 27.6. The molecule has 1 heterocycles. The minimum absolute atomic E-state index is 0.0880. The summed E-state index contributed by atoms with van der Waals surface area (Å²) in [7, 11) is 3.58. The highest BCUT2D eigenvalue weighted by atomic mass is 16.7. The van der Waals surface area contributed by atoms with Crippen LogP contribution < -0.4 is 4.74 Å². The van der Waals surface area contributed by atoms with Crippen LogP contribution in [0.15, 0.2) is 35.4 Å². The lowest BCUT2D eigenvalue weighted by molar-refractivity contribution is -0.139. The third kappa shape index (κ3) is 5.55. The summed E-state index contributed by atoms with van der Waals surface area (Å²) in [5.41, 5.74) is 5.11. The van der Waals surface area contributed by atoms with E-state index < -0.39 is 0 Å². The molecular formula is C37H58O4. The van der Waals surface area contributed by atoms with Gasteiger partial charge in [-0.2, -0.15) is 0 Å². The number of hydrogen-bond donors (Lipinski definition) is 0. The van der Waals surface area contributed by atoms with Gasteiger partial charge in [0.1, 0.15) is 5.75 Å². The highest BCUT2D eigenvalue weighted by Gasteiger charge is 2.62. The molecule has 0 bridgehead atoms. The van der Waals surface area contributed by atoms with Crippen LogP contribution in [0.4, 0.5) is 0 Å². The second-order valence-corrected chi connectivity index (χ2v) is 15.5. The normalized spacial score (nSPS) is 37.0. The van der Waals surface area contributed by atoms with Crippen molar-refractivity contribution < 1.29 is 18.9 Å². The molecule has 1 saturated carbocycles. The van der Waals surface area contributed by atoms with Gasteiger partial charge in [-0.25, -0.2) is 0 Å². The van der Waals surface area contributed by atoms with E-state index in [1.165, 1.54) is 50.5 Å². The standard InChI is InChI=1S/C37H58O4/c1-24(2)11-10-12-25(3)32-34(39-9)41-33-28-17-18-30-35(4,5)31(40-23-26-13-15-27(38-8)16-14-26)20-22-36(30,6)29(28)19-21-37(32,33)7/h13-16,24-25,30-34H,10-12,17-23H2,1-9H3/t25-,30+,31+,32+,33-,34?,36-,37-/m1/s1. The van der Waals surface area contributed by atoms with Crippen LogP contribution in [0.5, 0.6) is 5.75 Å². The topological polar surface area (TPSA) is 36.9 Å². The van der Waals surface area contributed by atoms with Crippen molar-refractivity contribution in [2.45, 2.75) is 131 Å². The van der Waals surface area contributed by atoms with Crippen LogP contribution in [0.25, 0.3) is 0 Å². The Labute approximate surface area is 250 Å². The minimum atomic E-state index is -0.0880. The van der Waals surface area contributed by atoms with E-state index in [4.69, 9.17) is 18.9 Å². The third-order valence-corrected chi connectivity index (χ3v) is 12.3. The van der Waals surface area contributed by atoms with Crippen molar-refractivity contribution >= 4 is 0 Å². The number of benzene rings is 1. The zero-order chi connectivity index (χ0) is 29.6. The van der Waals surface area contributed by atoms with Crippen LogP contribution in [0.1, 0.15) is 112 Å². The average Bonchev–Trinajstić information content (AvgIpc) is 3.25. The Hall–Kier alpha value is -1.36. The first-order valence-electron chi connectivity index (χ1n) is 16.6. The number of rotatable bonds is 10. The van der Waals surface area contributed by atoms with Crippen LogP contribution in [-0.4, -0.2) is 32.7 Å². The number of hydrogen-bond acceptors (Lipinski definition) is 4. The maximum atomic E-state index is 6.94. The van der Waals surface area contributed by atoms with Gasteiger partial charge in [0.2, 0.25) is 0 Å². The highest BCUT2D eigenvalue weighted by Crippen LogP contribution is 2.66. The van der Waals surface area contributed by atoms with E-state index in [1.807, 2.05) is 19.2 Å². The van der Waals surface area contributed by atoms with E-state index in [1.54, 1.807) is 18.3 Å². The van der Waals surface area contributed by atoms with Crippen LogP contribution in [0.3, 0.4) is 0 Å². The Bertz CT molecular complexity index is 1070. The fourth-order valence-electron chi connectivity index (χ4n) is 10.0. The predicted octanol–water partition coefficient (Wildman–Crippen LogP) is 9.36. The van der Waals surface area contributed by atoms with Crippen LogP contribution in [0, 0.1) is 39.9 Å². The Morgan fingerprint density at radius 2 is 1.66 bits per heavy atom. The van der Waals surface area contributed by atoms with E-state index in [9.17, 15) is 0 Å². The summed E-state index contributed by atoms with van der Waals surface area (Å²) in [6, 6.07) is 8.32. The summed E-state index contributed by atoms with van der Waals surface area (Å²) in [6.07, 6.45) is 11.4. The maximum absolute atomic E-state index is 6.94. The number of methoxy groups -OCH3 is 2. The van der Waals surface area contributed by atoms with Gasteiger partial charge in [-0.1, -0.05) is 85.4 Å². The van der Waals surface area contributed by atoms with Gasteiger partial charge < -0.3 is 18.9 Å². The first kappa shape index (κ1) is 31.1. The van der Waals surface area contributed by atoms with Gasteiger partial charge in [-0.15, -0.1) is 0 Å². The molecule has 0 N–H and O–H groups in total. The summed E-state index contributed by atoms with van der Waals surface area (Å²) in [5, 5.41) is 0. The molecule has 0 radical (unpaired) electrons. The molecule has 4 nitrogen and oxygen atoms in total. The lowest BCUT2D eigenvalue weighted by Crippen LogP contribution is -2.55. The van der Waals surface area contributed by atoms with Crippen LogP contribution in [-0.2, 0) is 20.8 Å². The summed E-state index contributed by atoms with van der Waals surface area (Å²) in [5.74, 6) is 3.36. The second kappa shape index (κ2) is 12.0. The van der Waals surface area contributed by atoms with Gasteiger partial charge in [-0.3, -0.25) is 0 Å². The summed E-state index contributed by atoms with van der Waals surface area (Å²) in [6.45, 7) is 17.9. The molecule has 230 valence electrons. The Kier molecular flexibility index (Phi) is 9.07. The molecule has 4 heteroatoms. The van der Waals surface area contributed by atoms with Crippen molar-refractivity contribution in [2.75, 3.05) is 14.2 Å². The molecule has 1 saturated heterocycles. The summed E-state index contributed by atoms with van der Waals surface area (Å²) < 4.78 is 25.1. The quantitative estimate of drug-likeness (QED) is 0.264. The van der Waals surface area contributed by atoms with Gasteiger partial charge in [0.15, 0.2) is 6.29 Å². The monoisotopic (exact) mass is 566 g/mol. The fourth-order valence-corrected chi connectivity index (χ4v) is 10.0. The molecule has 0 spiro atoms. The molecule has 0 aromatic heterocycles. The Morgan fingerprint density at radius 3 is 2.32 bits per heavy atom. The van der Waals surface area contributed by atoms with E-state index in [2.05, 4.69) is 60.6 Å². The first-order valence-corrected chi connectivity index (χ1v) is 16.6. The molecule has 41 heavy (non-hydrogen) atoms. The van der Waals surface area contributed by atoms with Gasteiger partial charge in [0, 0.05) is 18.4 Å². The lowest BCUT2D eigenvalue weighted by Gasteiger charge is -2.60. The SMILES string of the molecule is COc1ccc(CO[C@H]2CC[C@]3(C)C4=C(CC[C@H]3C2(C)C)[C@H]2OC(OC)[C@H]([C@H](C)CCCC(C)C)[C@@]2(C)CC4)cc1. The Balaban J connectivity index is 1.33. The third-order valence-electron chi connectivity index (χ3n) is 12.3. The van der Waals surface area contributed by atoms with Gasteiger partial charge in [0.25, 0.3) is 0 Å². The van der Waals surface area contributed by atoms with E-state index >= 15 is 0 Å². The summed E-state index contributed by atoms with van der Waals surface area (Å²) in [4.78, 5) is 0. The van der Waals surface area contributed by atoms with Crippen molar-refractivity contribution in [1.29, 1.82) is 0 Å². The van der Waals surface area contributed by atoms with E-state index in [-0.39, 0.29) is 34.7 Å². The van der Waals surface area contributed by atoms with Crippen molar-refractivity contribution in [1.82, 2.24) is 0 Å². The maximum Gasteiger partial charge on any atom is 0.161 e. The molecule has 0 amide bonds. The lowest BCUT2D eigenvalue weighted by atomic mass is 9.46. The Morgan fingerprint density at radius 1 is 0.927 bits per heavy atom. The number of fused-ring (bicyclic) bond motifs is 4. The van der Waals surface area contributed by atoms with Crippen molar-refractivity contribution in [2.24, 2.45) is 39.9 Å². The van der Waals surface area contributed by atoms with Crippen molar-refractivity contribution in [3.05, 3.63) is 41.0 Å². The average molecular weight is 567 g/mol. The molecule has 4 aliphatic rings. The molecule has 5 rings (SSSR count). The largest absolute Gasteiger partial charge is 0.497 e. The van der Waals surface area contributed by atoms with Gasteiger partial charge >= 0.3 is 0 Å². The zero-order valence-corrected chi connectivity index (χ0v) is 27.6. The fraction of sp³-hybridized carbons (Fsp3) is 0.784. The minimum Gasteiger partial charge on any atom is -0.497 e. The molecule has 2 fully saturated rings. The molecule has 1 aromatic carbocycles. The second-order valence-electron chi connectivity index (χ2n) is 15.5. The predicted molar refractivity (Wildman–Crippen MR) is 167 cm³/mol. The van der Waals surface area contributed by atoms with Gasteiger partial charge in [0.05, 0.1) is 25.9 Å². The molecule has 8 atom stereocenters. The molecular weight excluding hydrogens is 508 g/mol. The summed E-state index contributed by atoms with van der Waals surface area (Å²) >= 11 is 0.